The molecular formula is C31H26Cl2N6NiO11. The average Bonchev–Trinajstić information content (AvgIpc) is 3.09. The third-order valence-corrected chi connectivity index (χ3v) is 5.53. The first-order valence-electron chi connectivity index (χ1n) is 13.5. The van der Waals surface area contributed by atoms with Gasteiger partial charge in [-0.2, -0.15) is 9.46 Å². The second kappa shape index (κ2) is 22.1. The van der Waals surface area contributed by atoms with Crippen molar-refractivity contribution in [2.24, 2.45) is 0 Å². The summed E-state index contributed by atoms with van der Waals surface area (Å²) in [5.41, 5.74) is 5.41. The molecule has 6 aromatic rings. The van der Waals surface area contributed by atoms with Gasteiger partial charge in [-0.3, -0.25) is 9.97 Å². The molecule has 0 aromatic carbocycles. The molecule has 0 saturated carbocycles. The molecule has 0 saturated heterocycles. The fraction of sp³-hybridized carbons (Fsp3) is 0.0323. The molecule has 0 fully saturated rings. The summed E-state index contributed by atoms with van der Waals surface area (Å²) in [6.45, 7) is 0. The van der Waals surface area contributed by atoms with E-state index in [1.54, 1.807) is 36.7 Å². The molecule has 0 amide bonds. The van der Waals surface area contributed by atoms with Gasteiger partial charge in [0.1, 0.15) is 11.4 Å². The molecule has 17 nitrogen and oxygen atoms in total. The van der Waals surface area contributed by atoms with Crippen molar-refractivity contribution in [2.75, 3.05) is 7.11 Å². The first kappa shape index (κ1) is 44.2. The summed E-state index contributed by atoms with van der Waals surface area (Å²) >= 11 is 0. The minimum atomic E-state index is -4.94. The van der Waals surface area contributed by atoms with Gasteiger partial charge in [0.25, 0.3) is 0 Å². The number of hydrogen-bond donors (Lipinski definition) is 1. The molecule has 0 aliphatic heterocycles. The monoisotopic (exact) mass is 786 g/mol. The summed E-state index contributed by atoms with van der Waals surface area (Å²) in [4.78, 5) is 17.5. The minimum absolute atomic E-state index is 0. The van der Waals surface area contributed by atoms with Crippen molar-refractivity contribution in [3.63, 3.8) is 0 Å². The van der Waals surface area contributed by atoms with E-state index in [1.165, 1.54) is 12.4 Å². The zero-order valence-electron chi connectivity index (χ0n) is 26.0. The van der Waals surface area contributed by atoms with E-state index in [0.717, 1.165) is 39.3 Å². The number of nitrogens with zero attached hydrogens (tertiary/aromatic N) is 6. The third kappa shape index (κ3) is 17.6. The summed E-state index contributed by atoms with van der Waals surface area (Å²) < 4.78 is 69.6. The molecule has 270 valence electrons. The second-order valence-corrected chi connectivity index (χ2v) is 10.3. The van der Waals surface area contributed by atoms with Gasteiger partial charge in [-0.15, -0.1) is 20.5 Å². The van der Waals surface area contributed by atoms with E-state index in [9.17, 15) is 10.4 Å². The zero-order valence-corrected chi connectivity index (χ0v) is 28.5. The molecule has 6 heterocycles. The zero-order chi connectivity index (χ0) is 37.2. The number of pyridine rings is 6. The predicted octanol–water partition coefficient (Wildman–Crippen LogP) is -5.02. The van der Waals surface area contributed by atoms with Crippen LogP contribution in [-0.2, 0) is 16.5 Å². The van der Waals surface area contributed by atoms with Crippen LogP contribution in [0.25, 0.3) is 45.6 Å². The summed E-state index contributed by atoms with van der Waals surface area (Å²) in [6.07, 6.45) is 6.37. The number of aliphatic hydroxyl groups is 1. The van der Waals surface area contributed by atoms with Crippen molar-refractivity contribution < 1.29 is 88.8 Å². The van der Waals surface area contributed by atoms with E-state index < -0.39 is 20.5 Å². The topological polar surface area (TPSA) is 310 Å². The molecule has 0 aliphatic rings. The van der Waals surface area contributed by atoms with Gasteiger partial charge in [0.15, 0.2) is 12.4 Å². The quantitative estimate of drug-likeness (QED) is 0.0993. The van der Waals surface area contributed by atoms with Crippen molar-refractivity contribution in [1.82, 2.24) is 19.9 Å². The van der Waals surface area contributed by atoms with Crippen LogP contribution in [0.15, 0.2) is 134 Å². The number of aromatic nitrogens is 6. The molecule has 6 rings (SSSR count). The summed E-state index contributed by atoms with van der Waals surface area (Å²) in [5, 5.41) is 30.5. The van der Waals surface area contributed by atoms with Crippen LogP contribution in [0.3, 0.4) is 0 Å². The van der Waals surface area contributed by atoms with Crippen LogP contribution in [0.2, 0.25) is 0 Å². The number of rotatable bonds is 4. The Bertz CT molecular complexity index is 1730. The van der Waals surface area contributed by atoms with E-state index in [2.05, 4.69) is 19.9 Å². The van der Waals surface area contributed by atoms with Gasteiger partial charge in [0, 0.05) is 43.8 Å². The Hall–Kier alpha value is -4.79. The Morgan fingerprint density at radius 3 is 1.02 bits per heavy atom. The number of hydrogen-bond acceptors (Lipinski definition) is 15. The molecule has 0 spiro atoms. The summed E-state index contributed by atoms with van der Waals surface area (Å²) in [7, 11) is -8.89. The average molecular weight is 788 g/mol. The van der Waals surface area contributed by atoms with Crippen molar-refractivity contribution in [1.29, 1.82) is 0 Å². The maximum absolute atomic E-state index is 11.7. The Kier molecular flexibility index (Phi) is 19.2. The normalized spacial score (nSPS) is 10.2. The summed E-state index contributed by atoms with van der Waals surface area (Å²) in [6, 6.07) is 33.0. The first-order valence-corrected chi connectivity index (χ1v) is 16.0. The van der Waals surface area contributed by atoms with E-state index in [1.807, 2.05) is 84.9 Å². The molecule has 51 heavy (non-hydrogen) atoms. The van der Waals surface area contributed by atoms with Crippen LogP contribution < -0.4 is 46.7 Å². The maximum Gasteiger partial charge on any atom is 2.00 e. The van der Waals surface area contributed by atoms with Gasteiger partial charge in [-0.05, 0) is 60.7 Å². The number of halogens is 2. The molecule has 1 N–H and O–H groups in total. The number of aliphatic hydroxyl groups excluding tert-OH is 1. The molecular weight excluding hydrogens is 762 g/mol. The molecule has 0 aliphatic carbocycles. The van der Waals surface area contributed by atoms with E-state index in [-0.39, 0.29) is 16.5 Å². The summed E-state index contributed by atoms with van der Waals surface area (Å²) in [5.74, 6) is 0. The predicted molar refractivity (Wildman–Crippen MR) is 152 cm³/mol. The molecule has 6 aromatic heterocycles. The van der Waals surface area contributed by atoms with E-state index >= 15 is 0 Å². The van der Waals surface area contributed by atoms with Crippen molar-refractivity contribution in [3.8, 4) is 45.6 Å². The van der Waals surface area contributed by atoms with Crippen LogP contribution in [0, 0.1) is 30.9 Å². The van der Waals surface area contributed by atoms with Crippen molar-refractivity contribution in [3.05, 3.63) is 144 Å². The van der Waals surface area contributed by atoms with Crippen LogP contribution in [0.1, 0.15) is 0 Å². The molecule has 0 atom stereocenters. The van der Waals surface area contributed by atoms with Crippen LogP contribution in [0.4, 0.5) is 0 Å². The van der Waals surface area contributed by atoms with Gasteiger partial charge in [0.2, 0.25) is 11.4 Å². The van der Waals surface area contributed by atoms with Crippen LogP contribution in [0.5, 0.6) is 0 Å². The Balaban J connectivity index is 0.000000384. The smallest absolute Gasteiger partial charge is 0.618 e. The van der Waals surface area contributed by atoms with E-state index in [0.29, 0.717) is 22.8 Å². The molecule has 0 bridgehead atoms. The van der Waals surface area contributed by atoms with Crippen molar-refractivity contribution >= 4 is 0 Å². The van der Waals surface area contributed by atoms with Crippen LogP contribution >= 0.6 is 0 Å². The second-order valence-electron chi connectivity index (χ2n) is 8.83. The Morgan fingerprint density at radius 1 is 0.431 bits per heavy atom. The van der Waals surface area contributed by atoms with E-state index in [4.69, 9.17) is 42.4 Å². The fourth-order valence-corrected chi connectivity index (χ4v) is 3.72. The Morgan fingerprint density at radius 2 is 0.725 bits per heavy atom. The maximum atomic E-state index is 11.7. The van der Waals surface area contributed by atoms with Gasteiger partial charge < -0.3 is 15.5 Å². The van der Waals surface area contributed by atoms with Gasteiger partial charge in [-0.25, -0.2) is 47.2 Å². The van der Waals surface area contributed by atoms with Crippen molar-refractivity contribution in [2.45, 2.75) is 0 Å². The van der Waals surface area contributed by atoms with Gasteiger partial charge in [-0.1, -0.05) is 24.3 Å². The largest absolute Gasteiger partial charge is 2.00 e. The standard InChI is InChI=1S/2C15H11N3O.CH4O.2ClHO4.Ni/c2*19-18-11-4-2-9-15(18)14-8-5-7-13(17-14)12-6-1-3-10-16-12;1-2;2*2-1(3,4)5;/h2*1-11H;2H,1H3;2*(H,2,3,4,5);/q;;;;;+2/p-2. The molecule has 20 heteroatoms. The fourth-order valence-electron chi connectivity index (χ4n) is 3.72. The molecule has 0 unspecified atom stereocenters. The Labute approximate surface area is 304 Å². The third-order valence-electron chi connectivity index (χ3n) is 5.53. The van der Waals surface area contributed by atoms with Gasteiger partial charge in [0.05, 0.1) is 22.8 Å². The SMILES string of the molecule is CO.[Ni+2].[O-][Cl+3]([O-])([O-])[O-].[O-][Cl+3]([O-])([O-])[O-].[O-][n+]1ccccc1-c1cccc(-c2ccccn2)n1.[O-][n+]1ccccc1-c1cccc(-c2ccccn2)n1. The minimum Gasteiger partial charge on any atom is -0.618 e. The first-order chi connectivity index (χ1) is 23.7. The molecule has 0 radical (unpaired) electrons. The van der Waals surface area contributed by atoms with Gasteiger partial charge >= 0.3 is 16.5 Å². The van der Waals surface area contributed by atoms with Crippen LogP contribution in [-0.4, -0.2) is 32.2 Å².